The highest BCUT2D eigenvalue weighted by Crippen LogP contribution is 2.36. The number of anilines is 3. The molecular formula is C15H17ClN6O2. The molecule has 0 bridgehead atoms. The number of pyridine rings is 1. The van der Waals surface area contributed by atoms with Crippen molar-refractivity contribution >= 4 is 34.6 Å². The quantitative estimate of drug-likeness (QED) is 0.512. The average Bonchev–Trinajstić information content (AvgIpc) is 2.57. The van der Waals surface area contributed by atoms with Crippen LogP contribution < -0.4 is 10.2 Å². The van der Waals surface area contributed by atoms with Gasteiger partial charge in [-0.2, -0.15) is 0 Å². The van der Waals surface area contributed by atoms with Crippen LogP contribution in [0.3, 0.4) is 0 Å². The Bertz CT molecular complexity index is 756. The summed E-state index contributed by atoms with van der Waals surface area (Å²) in [6, 6.07) is 3.57. The second-order valence-corrected chi connectivity index (χ2v) is 6.01. The molecule has 1 fully saturated rings. The minimum absolute atomic E-state index is 0.109. The first-order valence-electron chi connectivity index (χ1n) is 7.71. The van der Waals surface area contributed by atoms with E-state index in [-0.39, 0.29) is 22.7 Å². The fourth-order valence-corrected chi connectivity index (χ4v) is 3.03. The maximum Gasteiger partial charge on any atom is 0.353 e. The van der Waals surface area contributed by atoms with Gasteiger partial charge in [0.25, 0.3) is 0 Å². The summed E-state index contributed by atoms with van der Waals surface area (Å²) in [6.45, 7) is 2.79. The largest absolute Gasteiger partial charge is 0.353 e. The van der Waals surface area contributed by atoms with E-state index < -0.39 is 4.92 Å². The SMILES string of the molecule is CC1CCCCN1c1ncnc(Nc2cccnc2Cl)c1[N+](=O)[O-]. The second-order valence-electron chi connectivity index (χ2n) is 5.66. The highest BCUT2D eigenvalue weighted by atomic mass is 35.5. The fraction of sp³-hybridized carbons (Fsp3) is 0.400. The van der Waals surface area contributed by atoms with Gasteiger partial charge in [0.2, 0.25) is 11.6 Å². The Labute approximate surface area is 144 Å². The van der Waals surface area contributed by atoms with Crippen LogP contribution in [0.5, 0.6) is 0 Å². The maximum atomic E-state index is 11.7. The molecule has 1 saturated heterocycles. The summed E-state index contributed by atoms with van der Waals surface area (Å²) >= 11 is 6.02. The van der Waals surface area contributed by atoms with Gasteiger partial charge in [-0.15, -0.1) is 0 Å². The van der Waals surface area contributed by atoms with E-state index in [1.54, 1.807) is 18.3 Å². The molecule has 8 nitrogen and oxygen atoms in total. The second kappa shape index (κ2) is 6.96. The van der Waals surface area contributed by atoms with E-state index in [9.17, 15) is 10.1 Å². The van der Waals surface area contributed by atoms with E-state index in [2.05, 4.69) is 27.2 Å². The molecule has 0 radical (unpaired) electrons. The predicted molar refractivity (Wildman–Crippen MR) is 91.9 cm³/mol. The third-order valence-corrected chi connectivity index (χ3v) is 4.37. The average molecular weight is 349 g/mol. The van der Waals surface area contributed by atoms with Crippen molar-refractivity contribution in [3.63, 3.8) is 0 Å². The van der Waals surface area contributed by atoms with Gasteiger partial charge in [0.05, 0.1) is 10.6 Å². The van der Waals surface area contributed by atoms with Crippen LogP contribution >= 0.6 is 11.6 Å². The number of halogens is 1. The zero-order valence-corrected chi connectivity index (χ0v) is 13.9. The van der Waals surface area contributed by atoms with Gasteiger partial charge in [0.15, 0.2) is 5.15 Å². The lowest BCUT2D eigenvalue weighted by atomic mass is 10.0. The van der Waals surface area contributed by atoms with Crippen LogP contribution in [0, 0.1) is 10.1 Å². The number of nitro groups is 1. The third-order valence-electron chi connectivity index (χ3n) is 4.07. The molecule has 3 heterocycles. The summed E-state index contributed by atoms with van der Waals surface area (Å²) in [4.78, 5) is 25.4. The third kappa shape index (κ3) is 3.23. The normalized spacial score (nSPS) is 17.6. The molecule has 1 aliphatic rings. The van der Waals surface area contributed by atoms with Crippen molar-refractivity contribution in [2.75, 3.05) is 16.8 Å². The van der Waals surface area contributed by atoms with Crippen molar-refractivity contribution in [2.24, 2.45) is 0 Å². The smallest absolute Gasteiger partial charge is 0.348 e. The Morgan fingerprint density at radius 3 is 2.92 bits per heavy atom. The summed E-state index contributed by atoms with van der Waals surface area (Å²) in [5.74, 6) is 0.447. The molecule has 9 heteroatoms. The highest BCUT2D eigenvalue weighted by Gasteiger charge is 2.31. The molecule has 2 aromatic rings. The molecule has 1 aliphatic heterocycles. The number of nitrogens with one attached hydrogen (secondary N) is 1. The van der Waals surface area contributed by atoms with Crippen LogP contribution in [0.4, 0.5) is 23.0 Å². The summed E-state index contributed by atoms with van der Waals surface area (Å²) < 4.78 is 0. The first-order chi connectivity index (χ1) is 11.6. The predicted octanol–water partition coefficient (Wildman–Crippen LogP) is 3.56. The van der Waals surface area contributed by atoms with E-state index in [1.165, 1.54) is 6.33 Å². The van der Waals surface area contributed by atoms with E-state index in [1.807, 2.05) is 4.90 Å². The Morgan fingerprint density at radius 1 is 1.38 bits per heavy atom. The Balaban J connectivity index is 2.02. The first kappa shape index (κ1) is 16.4. The minimum atomic E-state index is -0.455. The van der Waals surface area contributed by atoms with E-state index in [0.717, 1.165) is 25.8 Å². The zero-order valence-electron chi connectivity index (χ0n) is 13.1. The molecule has 126 valence electrons. The van der Waals surface area contributed by atoms with Crippen LogP contribution in [0.1, 0.15) is 26.2 Å². The van der Waals surface area contributed by atoms with E-state index in [4.69, 9.17) is 11.6 Å². The van der Waals surface area contributed by atoms with Gasteiger partial charge >= 0.3 is 5.69 Å². The number of piperidine rings is 1. The molecule has 2 aromatic heterocycles. The standard InChI is InChI=1S/C15H17ClN6O2/c1-10-5-2-3-8-21(10)15-12(22(23)24)14(18-9-19-15)20-11-6-4-7-17-13(11)16/h4,6-7,9-10H,2-3,5,8H2,1H3,(H,18,19,20). The van der Waals surface area contributed by atoms with Crippen molar-refractivity contribution in [3.8, 4) is 0 Å². The number of hydrogen-bond donors (Lipinski definition) is 1. The Hall–Kier alpha value is -2.48. The van der Waals surface area contributed by atoms with Gasteiger partial charge < -0.3 is 10.2 Å². The summed E-state index contributed by atoms with van der Waals surface area (Å²) in [5, 5.41) is 14.8. The number of hydrogen-bond acceptors (Lipinski definition) is 7. The first-order valence-corrected chi connectivity index (χ1v) is 8.09. The lowest BCUT2D eigenvalue weighted by molar-refractivity contribution is -0.383. The maximum absolute atomic E-state index is 11.7. The fourth-order valence-electron chi connectivity index (χ4n) is 2.86. The number of nitrogens with zero attached hydrogens (tertiary/aromatic N) is 5. The molecule has 0 saturated carbocycles. The van der Waals surface area contributed by atoms with Crippen molar-refractivity contribution in [1.29, 1.82) is 0 Å². The van der Waals surface area contributed by atoms with Gasteiger partial charge in [-0.25, -0.2) is 15.0 Å². The topological polar surface area (TPSA) is 97.1 Å². The van der Waals surface area contributed by atoms with Gasteiger partial charge in [-0.3, -0.25) is 10.1 Å². The molecule has 1 atom stereocenters. The molecular weight excluding hydrogens is 332 g/mol. The lowest BCUT2D eigenvalue weighted by Gasteiger charge is -2.33. The Kier molecular flexibility index (Phi) is 4.75. The highest BCUT2D eigenvalue weighted by molar-refractivity contribution is 6.32. The van der Waals surface area contributed by atoms with Gasteiger partial charge in [0, 0.05) is 18.8 Å². The van der Waals surface area contributed by atoms with Crippen LogP contribution in [0.15, 0.2) is 24.7 Å². The van der Waals surface area contributed by atoms with Crippen molar-refractivity contribution in [1.82, 2.24) is 15.0 Å². The minimum Gasteiger partial charge on any atom is -0.348 e. The summed E-state index contributed by atoms with van der Waals surface area (Å²) in [5.41, 5.74) is 0.310. The summed E-state index contributed by atoms with van der Waals surface area (Å²) in [7, 11) is 0. The molecule has 0 spiro atoms. The molecule has 1 unspecified atom stereocenters. The van der Waals surface area contributed by atoms with Gasteiger partial charge in [0.1, 0.15) is 6.33 Å². The van der Waals surface area contributed by atoms with Crippen LogP contribution in [-0.2, 0) is 0 Å². The zero-order chi connectivity index (χ0) is 17.1. The van der Waals surface area contributed by atoms with Gasteiger partial charge in [-0.1, -0.05) is 11.6 Å². The lowest BCUT2D eigenvalue weighted by Crippen LogP contribution is -2.38. The van der Waals surface area contributed by atoms with E-state index >= 15 is 0 Å². The summed E-state index contributed by atoms with van der Waals surface area (Å²) in [6.07, 6.45) is 5.97. The van der Waals surface area contributed by atoms with Crippen molar-refractivity contribution in [2.45, 2.75) is 32.2 Å². The number of rotatable bonds is 4. The van der Waals surface area contributed by atoms with Crippen molar-refractivity contribution < 1.29 is 4.92 Å². The molecule has 0 aromatic carbocycles. The number of aromatic nitrogens is 3. The van der Waals surface area contributed by atoms with Crippen LogP contribution in [-0.4, -0.2) is 32.5 Å². The monoisotopic (exact) mass is 348 g/mol. The molecule has 24 heavy (non-hydrogen) atoms. The molecule has 0 amide bonds. The van der Waals surface area contributed by atoms with Crippen LogP contribution in [0.25, 0.3) is 0 Å². The van der Waals surface area contributed by atoms with Gasteiger partial charge in [-0.05, 0) is 38.3 Å². The van der Waals surface area contributed by atoms with Crippen molar-refractivity contribution in [3.05, 3.63) is 39.9 Å². The van der Waals surface area contributed by atoms with E-state index in [0.29, 0.717) is 11.5 Å². The molecule has 0 aliphatic carbocycles. The van der Waals surface area contributed by atoms with Crippen LogP contribution in [0.2, 0.25) is 5.15 Å². The molecule has 3 rings (SSSR count). The Morgan fingerprint density at radius 2 is 2.21 bits per heavy atom. The molecule has 1 N–H and O–H groups in total.